The van der Waals surface area contributed by atoms with E-state index in [1.54, 1.807) is 0 Å². The summed E-state index contributed by atoms with van der Waals surface area (Å²) in [4.78, 5) is 22.5. The number of hydrogen-bond acceptors (Lipinski definition) is 4. The normalized spacial score (nSPS) is 15.2. The molecule has 1 saturated heterocycles. The summed E-state index contributed by atoms with van der Waals surface area (Å²) in [5.41, 5.74) is 2.00. The number of aliphatic carboxylic acids is 1. The fraction of sp³-hybridized carbons (Fsp3) is 0.556. The van der Waals surface area contributed by atoms with Crippen LogP contribution in [0.5, 0.6) is 0 Å². The summed E-state index contributed by atoms with van der Waals surface area (Å²) in [5.74, 6) is 1.66. The Morgan fingerprint density at radius 2 is 1.71 bits per heavy atom. The minimum absolute atomic E-state index is 0.0314. The molecule has 0 spiro atoms. The molecular weight excluding hydrogens is 342 g/mol. The molecule has 1 amide bonds. The van der Waals surface area contributed by atoms with Crippen LogP contribution in [0.15, 0.2) is 24.3 Å². The van der Waals surface area contributed by atoms with Crippen molar-refractivity contribution in [2.75, 3.05) is 18.1 Å². The van der Waals surface area contributed by atoms with Gasteiger partial charge in [0.15, 0.2) is 0 Å². The van der Waals surface area contributed by atoms with Gasteiger partial charge in [0.25, 0.3) is 5.91 Å². The topological polar surface area (TPSA) is 66.4 Å². The van der Waals surface area contributed by atoms with Gasteiger partial charge in [-0.05, 0) is 48.5 Å². The van der Waals surface area contributed by atoms with E-state index in [0.717, 1.165) is 19.3 Å². The number of amides is 1. The standard InChI is InChI=1S/C18H25NO3S2/c20-16(21)6-3-1-2-4-11-19-17(22)14-7-9-15(10-8-14)18-23-12-5-13-24-18/h7-10,18H,1-6,11-13H2,(H,19,22)(H,20,21). The maximum absolute atomic E-state index is 12.1. The Bertz CT molecular complexity index is 528. The Morgan fingerprint density at radius 3 is 2.38 bits per heavy atom. The van der Waals surface area contributed by atoms with Crippen LogP contribution in [0.25, 0.3) is 0 Å². The Hall–Kier alpha value is -1.14. The number of unbranched alkanes of at least 4 members (excludes halogenated alkanes) is 3. The molecule has 2 N–H and O–H groups in total. The largest absolute Gasteiger partial charge is 0.481 e. The minimum atomic E-state index is -0.739. The summed E-state index contributed by atoms with van der Waals surface area (Å²) in [6.07, 6.45) is 4.95. The lowest BCUT2D eigenvalue weighted by atomic mass is 10.1. The Balaban J connectivity index is 1.66. The predicted octanol–water partition coefficient (Wildman–Crippen LogP) is 4.32. The van der Waals surface area contributed by atoms with Gasteiger partial charge in [0.1, 0.15) is 0 Å². The monoisotopic (exact) mass is 367 g/mol. The molecule has 0 unspecified atom stereocenters. The van der Waals surface area contributed by atoms with Gasteiger partial charge in [-0.1, -0.05) is 25.0 Å². The maximum atomic E-state index is 12.1. The van der Waals surface area contributed by atoms with E-state index in [0.29, 0.717) is 23.1 Å². The summed E-state index contributed by atoms with van der Waals surface area (Å²) < 4.78 is 0.502. The number of carbonyl (C=O) groups excluding carboxylic acids is 1. The SMILES string of the molecule is O=C(O)CCCCCCNC(=O)c1ccc(C2SCCCS2)cc1. The minimum Gasteiger partial charge on any atom is -0.481 e. The van der Waals surface area contributed by atoms with Crippen LogP contribution < -0.4 is 5.32 Å². The fourth-order valence-electron chi connectivity index (χ4n) is 2.53. The highest BCUT2D eigenvalue weighted by Gasteiger charge is 2.16. The van der Waals surface area contributed by atoms with Crippen molar-refractivity contribution in [2.24, 2.45) is 0 Å². The number of carbonyl (C=O) groups is 2. The van der Waals surface area contributed by atoms with E-state index in [1.165, 1.54) is 23.5 Å². The van der Waals surface area contributed by atoms with E-state index < -0.39 is 5.97 Å². The van der Waals surface area contributed by atoms with Crippen molar-refractivity contribution in [2.45, 2.75) is 43.1 Å². The number of carboxylic acid groups (broad SMARTS) is 1. The van der Waals surface area contributed by atoms with Gasteiger partial charge < -0.3 is 10.4 Å². The van der Waals surface area contributed by atoms with Gasteiger partial charge in [0.2, 0.25) is 0 Å². The van der Waals surface area contributed by atoms with Crippen LogP contribution in [0.4, 0.5) is 0 Å². The van der Waals surface area contributed by atoms with E-state index >= 15 is 0 Å². The smallest absolute Gasteiger partial charge is 0.303 e. The first-order valence-corrected chi connectivity index (χ1v) is 10.6. The van der Waals surface area contributed by atoms with Gasteiger partial charge >= 0.3 is 5.97 Å². The highest BCUT2D eigenvalue weighted by Crippen LogP contribution is 2.43. The van der Waals surface area contributed by atoms with Crippen LogP contribution in [0.2, 0.25) is 0 Å². The first-order valence-electron chi connectivity index (χ1n) is 8.50. The lowest BCUT2D eigenvalue weighted by Gasteiger charge is -2.21. The van der Waals surface area contributed by atoms with Crippen LogP contribution in [0.1, 0.15) is 59.0 Å². The molecule has 1 aliphatic heterocycles. The summed E-state index contributed by atoms with van der Waals surface area (Å²) in [6, 6.07) is 7.95. The Labute approximate surface area is 152 Å². The summed E-state index contributed by atoms with van der Waals surface area (Å²) >= 11 is 3.96. The van der Waals surface area contributed by atoms with Crippen LogP contribution in [-0.4, -0.2) is 35.0 Å². The summed E-state index contributed by atoms with van der Waals surface area (Å²) in [5, 5.41) is 11.5. The fourth-order valence-corrected chi connectivity index (χ4v) is 5.42. The molecule has 0 saturated carbocycles. The zero-order chi connectivity index (χ0) is 17.2. The second-order valence-corrected chi connectivity index (χ2v) is 8.59. The third-order valence-corrected chi connectivity index (χ3v) is 6.89. The molecule has 1 aromatic carbocycles. The summed E-state index contributed by atoms with van der Waals surface area (Å²) in [7, 11) is 0. The molecule has 132 valence electrons. The van der Waals surface area contributed by atoms with Crippen molar-refractivity contribution in [3.63, 3.8) is 0 Å². The number of hydrogen-bond donors (Lipinski definition) is 2. The van der Waals surface area contributed by atoms with Crippen molar-refractivity contribution in [1.82, 2.24) is 5.32 Å². The molecule has 0 aromatic heterocycles. The second-order valence-electron chi connectivity index (χ2n) is 5.86. The number of benzene rings is 1. The number of thioether (sulfide) groups is 2. The van der Waals surface area contributed by atoms with E-state index in [2.05, 4.69) is 17.4 Å². The zero-order valence-electron chi connectivity index (χ0n) is 13.8. The molecule has 0 bridgehead atoms. The van der Waals surface area contributed by atoms with Gasteiger partial charge in [-0.15, -0.1) is 23.5 Å². The number of carboxylic acids is 1. The lowest BCUT2D eigenvalue weighted by Crippen LogP contribution is -2.24. The number of rotatable bonds is 9. The average molecular weight is 368 g/mol. The van der Waals surface area contributed by atoms with Crippen LogP contribution in [0, 0.1) is 0 Å². The third kappa shape index (κ3) is 6.77. The molecule has 0 radical (unpaired) electrons. The molecule has 1 aliphatic rings. The number of nitrogens with one attached hydrogen (secondary N) is 1. The average Bonchev–Trinajstić information content (AvgIpc) is 2.61. The van der Waals surface area contributed by atoms with Crippen molar-refractivity contribution >= 4 is 35.4 Å². The third-order valence-electron chi connectivity index (χ3n) is 3.88. The van der Waals surface area contributed by atoms with Gasteiger partial charge in [0.05, 0.1) is 4.58 Å². The zero-order valence-corrected chi connectivity index (χ0v) is 15.5. The highest BCUT2D eigenvalue weighted by molar-refractivity contribution is 8.16. The summed E-state index contributed by atoms with van der Waals surface area (Å²) in [6.45, 7) is 0.641. The van der Waals surface area contributed by atoms with Gasteiger partial charge in [-0.2, -0.15) is 0 Å². The molecule has 0 aliphatic carbocycles. The molecule has 6 heteroatoms. The second kappa shape index (κ2) is 10.7. The Morgan fingerprint density at radius 1 is 1.04 bits per heavy atom. The van der Waals surface area contributed by atoms with Gasteiger partial charge in [0, 0.05) is 18.5 Å². The van der Waals surface area contributed by atoms with E-state index in [1.807, 2.05) is 35.7 Å². The quantitative estimate of drug-likeness (QED) is 0.636. The van der Waals surface area contributed by atoms with E-state index in [9.17, 15) is 9.59 Å². The van der Waals surface area contributed by atoms with Crippen LogP contribution >= 0.6 is 23.5 Å². The molecule has 1 fully saturated rings. The van der Waals surface area contributed by atoms with Gasteiger partial charge in [-0.3, -0.25) is 9.59 Å². The molecule has 1 aromatic rings. The Kier molecular flexibility index (Phi) is 8.53. The first kappa shape index (κ1) is 19.2. The van der Waals surface area contributed by atoms with E-state index in [4.69, 9.17) is 5.11 Å². The van der Waals surface area contributed by atoms with Crippen molar-refractivity contribution < 1.29 is 14.7 Å². The van der Waals surface area contributed by atoms with Crippen molar-refractivity contribution in [1.29, 1.82) is 0 Å². The van der Waals surface area contributed by atoms with Crippen LogP contribution in [-0.2, 0) is 4.79 Å². The molecule has 24 heavy (non-hydrogen) atoms. The lowest BCUT2D eigenvalue weighted by molar-refractivity contribution is -0.137. The molecular formula is C18H25NO3S2. The first-order chi connectivity index (χ1) is 11.7. The van der Waals surface area contributed by atoms with Crippen molar-refractivity contribution in [3.8, 4) is 0 Å². The van der Waals surface area contributed by atoms with Gasteiger partial charge in [-0.25, -0.2) is 0 Å². The van der Waals surface area contributed by atoms with Crippen molar-refractivity contribution in [3.05, 3.63) is 35.4 Å². The molecule has 0 atom stereocenters. The highest BCUT2D eigenvalue weighted by atomic mass is 32.2. The molecule has 2 rings (SSSR count). The molecule has 4 nitrogen and oxygen atoms in total. The molecule has 1 heterocycles. The van der Waals surface area contributed by atoms with Crippen LogP contribution in [0.3, 0.4) is 0 Å². The maximum Gasteiger partial charge on any atom is 0.303 e. The predicted molar refractivity (Wildman–Crippen MR) is 102 cm³/mol. The van der Waals surface area contributed by atoms with E-state index in [-0.39, 0.29) is 12.3 Å².